The lowest BCUT2D eigenvalue weighted by molar-refractivity contribution is -0.137. The number of hydrogen-bond acceptors (Lipinski definition) is 3. The molecule has 0 saturated heterocycles. The molecule has 2 atom stereocenters. The van der Waals surface area contributed by atoms with Crippen molar-refractivity contribution in [2.45, 2.75) is 32.7 Å². The van der Waals surface area contributed by atoms with Crippen molar-refractivity contribution in [1.82, 2.24) is 10.2 Å². The summed E-state index contributed by atoms with van der Waals surface area (Å²) in [6, 6.07) is 12.5. The monoisotopic (exact) mass is 434 g/mol. The Bertz CT molecular complexity index is 869. The molecule has 0 aliphatic heterocycles. The number of rotatable bonds is 8. The maximum atomic E-state index is 14.6. The van der Waals surface area contributed by atoms with Gasteiger partial charge in [0.25, 0.3) is 0 Å². The van der Waals surface area contributed by atoms with E-state index >= 15 is 0 Å². The van der Waals surface area contributed by atoms with E-state index in [1.54, 1.807) is 0 Å². The van der Waals surface area contributed by atoms with Crippen LogP contribution in [-0.2, 0) is 9.59 Å². The maximum absolute atomic E-state index is 14.6. The van der Waals surface area contributed by atoms with Gasteiger partial charge in [-0.1, -0.05) is 61.8 Å². The average Bonchev–Trinajstić information content (AvgIpc) is 2.71. The number of aliphatic hydroxyl groups excluding tert-OH is 1. The van der Waals surface area contributed by atoms with Crippen molar-refractivity contribution in [1.29, 1.82) is 0 Å². The van der Waals surface area contributed by atoms with Gasteiger partial charge in [0.1, 0.15) is 11.9 Å². The van der Waals surface area contributed by atoms with Gasteiger partial charge in [0.05, 0.1) is 0 Å². The Labute approximate surface area is 181 Å². The molecule has 5 nitrogen and oxygen atoms in total. The lowest BCUT2D eigenvalue weighted by atomic mass is 9.75. The number of nitrogens with one attached hydrogen (secondary N) is 1. The number of halogens is 2. The van der Waals surface area contributed by atoms with Crippen LogP contribution >= 0.6 is 11.6 Å². The Kier molecular flexibility index (Phi) is 7.98. The summed E-state index contributed by atoms with van der Waals surface area (Å²) in [5, 5.41) is 12.8. The third-order valence-corrected chi connectivity index (χ3v) is 5.77. The van der Waals surface area contributed by atoms with E-state index in [9.17, 15) is 19.1 Å². The van der Waals surface area contributed by atoms with Gasteiger partial charge in [-0.3, -0.25) is 9.59 Å². The Morgan fingerprint density at radius 3 is 2.33 bits per heavy atom. The summed E-state index contributed by atoms with van der Waals surface area (Å²) in [6.45, 7) is 5.23. The highest BCUT2D eigenvalue weighted by Gasteiger charge is 2.34. The van der Waals surface area contributed by atoms with Gasteiger partial charge in [0.15, 0.2) is 0 Å². The lowest BCUT2D eigenvalue weighted by Crippen LogP contribution is -2.44. The van der Waals surface area contributed by atoms with Crippen LogP contribution in [0.3, 0.4) is 0 Å². The van der Waals surface area contributed by atoms with Crippen LogP contribution in [0.2, 0.25) is 5.02 Å². The van der Waals surface area contributed by atoms with Crippen LogP contribution in [0.1, 0.15) is 43.9 Å². The molecule has 30 heavy (non-hydrogen) atoms. The molecule has 0 aliphatic carbocycles. The summed E-state index contributed by atoms with van der Waals surface area (Å²) in [6.07, 6.45) is 0. The van der Waals surface area contributed by atoms with Crippen molar-refractivity contribution in [2.75, 3.05) is 20.2 Å². The fraction of sp³-hybridized carbons (Fsp3) is 0.391. The van der Waals surface area contributed by atoms with E-state index in [2.05, 4.69) is 5.32 Å². The highest BCUT2D eigenvalue weighted by atomic mass is 35.5. The van der Waals surface area contributed by atoms with Crippen molar-refractivity contribution in [3.8, 4) is 0 Å². The molecular formula is C23H28ClFN2O3. The Balaban J connectivity index is 2.35. The zero-order valence-electron chi connectivity index (χ0n) is 17.7. The van der Waals surface area contributed by atoms with Crippen molar-refractivity contribution >= 4 is 23.4 Å². The minimum Gasteiger partial charge on any atom is -0.396 e. The van der Waals surface area contributed by atoms with Gasteiger partial charge in [0, 0.05) is 43.6 Å². The zero-order chi connectivity index (χ0) is 22.5. The number of benzene rings is 2. The van der Waals surface area contributed by atoms with Gasteiger partial charge in [-0.15, -0.1) is 0 Å². The molecule has 0 aliphatic rings. The second-order valence-corrected chi connectivity index (χ2v) is 8.43. The number of likely N-dealkylation sites (N-methyl/N-ethyl adjacent to an activating group) is 1. The van der Waals surface area contributed by atoms with Crippen LogP contribution in [0.5, 0.6) is 0 Å². The molecular weight excluding hydrogens is 407 g/mol. The molecule has 0 fully saturated rings. The first-order valence-electron chi connectivity index (χ1n) is 9.71. The van der Waals surface area contributed by atoms with Gasteiger partial charge in [-0.05, 0) is 23.1 Å². The molecule has 2 aromatic rings. The maximum Gasteiger partial charge on any atom is 0.247 e. The van der Waals surface area contributed by atoms with Crippen molar-refractivity contribution in [2.24, 2.45) is 5.41 Å². The predicted molar refractivity (Wildman–Crippen MR) is 116 cm³/mol. The van der Waals surface area contributed by atoms with Gasteiger partial charge in [0.2, 0.25) is 11.8 Å². The fourth-order valence-corrected chi connectivity index (χ4v) is 3.66. The second kappa shape index (κ2) is 10.0. The topological polar surface area (TPSA) is 69.6 Å². The van der Waals surface area contributed by atoms with E-state index < -0.39 is 29.1 Å². The van der Waals surface area contributed by atoms with Gasteiger partial charge < -0.3 is 15.3 Å². The first-order valence-corrected chi connectivity index (χ1v) is 10.1. The minimum absolute atomic E-state index is 0.0490. The smallest absolute Gasteiger partial charge is 0.247 e. The molecule has 162 valence electrons. The standard InChI is InChI=1S/C23H28ClFN2O3/c1-15(29)27(4)21(20-18(24)11-8-12-19(20)25)22(30)26-13-17(23(2,3)14-28)16-9-6-5-7-10-16/h5-12,17,21,28H,13-14H2,1-4H3,(H,26,30)/t17-,21-/m1/s1. The molecule has 0 heterocycles. The molecule has 2 amide bonds. The van der Waals surface area contributed by atoms with E-state index in [0.29, 0.717) is 0 Å². The van der Waals surface area contributed by atoms with Crippen LogP contribution in [0.25, 0.3) is 0 Å². The highest BCUT2D eigenvalue weighted by molar-refractivity contribution is 6.31. The lowest BCUT2D eigenvalue weighted by Gasteiger charge is -2.34. The molecule has 2 aromatic carbocycles. The van der Waals surface area contributed by atoms with Crippen LogP contribution < -0.4 is 5.32 Å². The summed E-state index contributed by atoms with van der Waals surface area (Å²) >= 11 is 6.18. The van der Waals surface area contributed by atoms with E-state index in [4.69, 9.17) is 11.6 Å². The van der Waals surface area contributed by atoms with E-state index in [1.165, 1.54) is 32.2 Å². The second-order valence-electron chi connectivity index (χ2n) is 8.02. The zero-order valence-corrected chi connectivity index (χ0v) is 18.4. The van der Waals surface area contributed by atoms with Crippen LogP contribution in [0.15, 0.2) is 48.5 Å². The van der Waals surface area contributed by atoms with E-state index in [-0.39, 0.29) is 29.7 Å². The van der Waals surface area contributed by atoms with Gasteiger partial charge in [-0.2, -0.15) is 0 Å². The van der Waals surface area contributed by atoms with E-state index in [1.807, 2.05) is 44.2 Å². The predicted octanol–water partition coefficient (Wildman–Crippen LogP) is 3.92. The Morgan fingerprint density at radius 2 is 1.80 bits per heavy atom. The van der Waals surface area contributed by atoms with Crippen LogP contribution in [0.4, 0.5) is 4.39 Å². The molecule has 2 rings (SSSR count). The van der Waals surface area contributed by atoms with Crippen molar-refractivity contribution in [3.05, 3.63) is 70.5 Å². The quantitative estimate of drug-likeness (QED) is 0.661. The third-order valence-electron chi connectivity index (χ3n) is 5.44. The van der Waals surface area contributed by atoms with E-state index in [0.717, 1.165) is 10.5 Å². The number of carbonyl (C=O) groups excluding carboxylic acids is 2. The summed E-state index contributed by atoms with van der Waals surface area (Å²) in [7, 11) is 1.43. The molecule has 2 N–H and O–H groups in total. The van der Waals surface area contributed by atoms with Crippen molar-refractivity contribution in [3.63, 3.8) is 0 Å². The molecule has 0 bridgehead atoms. The minimum atomic E-state index is -1.22. The molecule has 0 aromatic heterocycles. The molecule has 0 radical (unpaired) electrons. The van der Waals surface area contributed by atoms with Gasteiger partial charge >= 0.3 is 0 Å². The van der Waals surface area contributed by atoms with Crippen molar-refractivity contribution < 1.29 is 19.1 Å². The number of aliphatic hydroxyl groups is 1. The highest BCUT2D eigenvalue weighted by Crippen LogP contribution is 2.35. The number of carbonyl (C=O) groups is 2. The average molecular weight is 435 g/mol. The number of amides is 2. The Morgan fingerprint density at radius 1 is 1.17 bits per heavy atom. The summed E-state index contributed by atoms with van der Waals surface area (Å²) < 4.78 is 14.6. The number of hydrogen-bond donors (Lipinski definition) is 2. The Hall–Kier alpha value is -2.44. The summed E-state index contributed by atoms with van der Waals surface area (Å²) in [5.74, 6) is -1.81. The first kappa shape index (κ1) is 23.8. The summed E-state index contributed by atoms with van der Waals surface area (Å²) in [5.41, 5.74) is 0.385. The molecule has 0 spiro atoms. The first-order chi connectivity index (χ1) is 14.1. The fourth-order valence-electron chi connectivity index (χ4n) is 3.39. The van der Waals surface area contributed by atoms with Crippen LogP contribution in [-0.4, -0.2) is 42.0 Å². The summed E-state index contributed by atoms with van der Waals surface area (Å²) in [4.78, 5) is 26.3. The largest absolute Gasteiger partial charge is 0.396 e. The SMILES string of the molecule is CC(=O)N(C)[C@@H](C(=O)NC[C@H](c1ccccc1)C(C)(C)CO)c1c(F)cccc1Cl. The molecule has 7 heteroatoms. The normalized spacial score (nSPS) is 13.4. The number of nitrogens with zero attached hydrogens (tertiary/aromatic N) is 1. The van der Waals surface area contributed by atoms with Crippen LogP contribution in [0, 0.1) is 11.2 Å². The molecule has 0 unspecified atom stereocenters. The molecule has 0 saturated carbocycles. The van der Waals surface area contributed by atoms with Gasteiger partial charge in [-0.25, -0.2) is 4.39 Å². The third kappa shape index (κ3) is 5.37.